The van der Waals surface area contributed by atoms with Gasteiger partial charge in [0.2, 0.25) is 0 Å². The van der Waals surface area contributed by atoms with Crippen molar-refractivity contribution in [3.05, 3.63) is 57.2 Å². The van der Waals surface area contributed by atoms with Crippen molar-refractivity contribution in [2.24, 2.45) is 0 Å². The van der Waals surface area contributed by atoms with Crippen LogP contribution in [0.1, 0.15) is 17.2 Å². The molecule has 1 aromatic heterocycles. The number of carbonyl (C=O) groups excluding carboxylic acids is 1. The highest BCUT2D eigenvalue weighted by Gasteiger charge is 2.09. The molecule has 0 saturated heterocycles. The van der Waals surface area contributed by atoms with Crippen molar-refractivity contribution in [3.63, 3.8) is 0 Å². The van der Waals surface area contributed by atoms with Crippen molar-refractivity contribution < 1.29 is 9.90 Å². The zero-order chi connectivity index (χ0) is 14.4. The Morgan fingerprint density at radius 2 is 2.20 bits per heavy atom. The van der Waals surface area contributed by atoms with Gasteiger partial charge in [0.1, 0.15) is 0 Å². The van der Waals surface area contributed by atoms with Crippen molar-refractivity contribution in [1.82, 2.24) is 10.6 Å². The third-order valence-corrected chi connectivity index (χ3v) is 3.66. The Morgan fingerprint density at radius 3 is 2.90 bits per heavy atom. The van der Waals surface area contributed by atoms with Crippen LogP contribution >= 0.6 is 22.9 Å². The van der Waals surface area contributed by atoms with Gasteiger partial charge in [-0.25, -0.2) is 4.79 Å². The molecule has 0 fully saturated rings. The number of aliphatic hydroxyl groups excluding tert-OH is 1. The van der Waals surface area contributed by atoms with Crippen LogP contribution in [0.2, 0.25) is 5.02 Å². The summed E-state index contributed by atoms with van der Waals surface area (Å²) in [5.74, 6) is 0. The molecule has 2 rings (SSSR count). The molecule has 6 heteroatoms. The van der Waals surface area contributed by atoms with Crippen LogP contribution < -0.4 is 10.6 Å². The van der Waals surface area contributed by atoms with Crippen LogP contribution in [-0.4, -0.2) is 17.7 Å². The predicted molar refractivity (Wildman–Crippen MR) is 81.0 cm³/mol. The predicted octanol–water partition coefficient (Wildman–Crippen LogP) is 2.93. The van der Waals surface area contributed by atoms with Crippen LogP contribution in [0, 0.1) is 0 Å². The summed E-state index contributed by atoms with van der Waals surface area (Å²) in [6.45, 7) is 0.569. The van der Waals surface area contributed by atoms with Gasteiger partial charge < -0.3 is 15.7 Å². The summed E-state index contributed by atoms with van der Waals surface area (Å²) in [5, 5.41) is 19.5. The van der Waals surface area contributed by atoms with E-state index in [9.17, 15) is 9.90 Å². The summed E-state index contributed by atoms with van der Waals surface area (Å²) in [5.41, 5.74) is 1.73. The normalized spacial score (nSPS) is 11.9. The van der Waals surface area contributed by atoms with Crippen molar-refractivity contribution in [1.29, 1.82) is 0 Å². The van der Waals surface area contributed by atoms with E-state index in [1.54, 1.807) is 12.1 Å². The largest absolute Gasteiger partial charge is 0.387 e. The summed E-state index contributed by atoms with van der Waals surface area (Å²) in [7, 11) is 0. The zero-order valence-electron chi connectivity index (χ0n) is 10.7. The summed E-state index contributed by atoms with van der Waals surface area (Å²) < 4.78 is 0. The first-order valence-corrected chi connectivity index (χ1v) is 7.43. The molecule has 1 atom stereocenters. The highest BCUT2D eigenvalue weighted by atomic mass is 35.5. The Hall–Kier alpha value is -1.56. The summed E-state index contributed by atoms with van der Waals surface area (Å²) in [6.07, 6.45) is -0.682. The third-order valence-electron chi connectivity index (χ3n) is 2.73. The van der Waals surface area contributed by atoms with Gasteiger partial charge in [-0.15, -0.1) is 0 Å². The minimum atomic E-state index is -0.682. The van der Waals surface area contributed by atoms with E-state index in [0.717, 1.165) is 11.1 Å². The van der Waals surface area contributed by atoms with Crippen LogP contribution in [0.4, 0.5) is 4.79 Å². The fraction of sp³-hybridized carbons (Fsp3) is 0.214. The first-order valence-electron chi connectivity index (χ1n) is 6.11. The Morgan fingerprint density at radius 1 is 1.35 bits per heavy atom. The summed E-state index contributed by atoms with van der Waals surface area (Å²) in [4.78, 5) is 11.6. The van der Waals surface area contributed by atoms with E-state index in [-0.39, 0.29) is 12.6 Å². The van der Waals surface area contributed by atoms with Gasteiger partial charge in [-0.2, -0.15) is 11.3 Å². The fourth-order valence-corrected chi connectivity index (χ4v) is 2.58. The van der Waals surface area contributed by atoms with Crippen LogP contribution in [0.5, 0.6) is 0 Å². The maximum absolute atomic E-state index is 11.6. The number of benzene rings is 1. The number of aliphatic hydroxyl groups is 1. The first-order chi connectivity index (χ1) is 9.65. The van der Waals surface area contributed by atoms with Gasteiger partial charge in [-0.05, 0) is 40.1 Å². The molecule has 106 valence electrons. The number of amides is 2. The second-order valence-electron chi connectivity index (χ2n) is 4.27. The Kier molecular flexibility index (Phi) is 5.40. The standard InChI is InChI=1S/C14H15ClN2O2S/c15-12-3-1-2-10(6-12)7-16-14(19)17-8-13(18)11-4-5-20-9-11/h1-6,9,13,18H,7-8H2,(H2,16,17,19)/t13-/m1/s1. The maximum Gasteiger partial charge on any atom is 0.315 e. The van der Waals surface area contributed by atoms with Crippen molar-refractivity contribution >= 4 is 29.0 Å². The molecule has 0 radical (unpaired) electrons. The van der Waals surface area contributed by atoms with Crippen molar-refractivity contribution in [2.45, 2.75) is 12.6 Å². The zero-order valence-corrected chi connectivity index (χ0v) is 12.2. The van der Waals surface area contributed by atoms with E-state index in [1.165, 1.54) is 11.3 Å². The number of thiophene rings is 1. The molecular weight excluding hydrogens is 296 g/mol. The lowest BCUT2D eigenvalue weighted by atomic mass is 10.2. The lowest BCUT2D eigenvalue weighted by Crippen LogP contribution is -2.37. The van der Waals surface area contributed by atoms with Crippen LogP contribution in [0.15, 0.2) is 41.1 Å². The Balaban J connectivity index is 1.73. The quantitative estimate of drug-likeness (QED) is 0.795. The summed E-state index contributed by atoms with van der Waals surface area (Å²) >= 11 is 7.37. The SMILES string of the molecule is O=C(NCc1cccc(Cl)c1)NC[C@@H](O)c1ccsc1. The topological polar surface area (TPSA) is 61.4 Å². The lowest BCUT2D eigenvalue weighted by Gasteiger charge is -2.11. The molecule has 0 aliphatic carbocycles. The number of halogens is 1. The van der Waals surface area contributed by atoms with Crippen LogP contribution in [0.3, 0.4) is 0 Å². The molecule has 1 heterocycles. The number of urea groups is 1. The summed E-state index contributed by atoms with van der Waals surface area (Å²) in [6, 6.07) is 8.80. The number of rotatable bonds is 5. The van der Waals surface area contributed by atoms with Gasteiger partial charge >= 0.3 is 6.03 Å². The molecule has 3 N–H and O–H groups in total. The van der Waals surface area contributed by atoms with Gasteiger partial charge in [0.15, 0.2) is 0 Å². The molecule has 0 aliphatic rings. The number of carbonyl (C=O) groups is 1. The lowest BCUT2D eigenvalue weighted by molar-refractivity contribution is 0.173. The van der Waals surface area contributed by atoms with Crippen LogP contribution in [0.25, 0.3) is 0 Å². The fourth-order valence-electron chi connectivity index (χ4n) is 1.66. The van der Waals surface area contributed by atoms with E-state index in [2.05, 4.69) is 10.6 Å². The number of hydrogen-bond acceptors (Lipinski definition) is 3. The maximum atomic E-state index is 11.6. The second kappa shape index (κ2) is 7.28. The van der Waals surface area contributed by atoms with Crippen LogP contribution in [-0.2, 0) is 6.54 Å². The molecule has 0 bridgehead atoms. The molecule has 0 unspecified atom stereocenters. The molecular formula is C14H15ClN2O2S. The molecule has 0 saturated carbocycles. The molecule has 0 spiro atoms. The molecule has 2 amide bonds. The van der Waals surface area contributed by atoms with E-state index in [4.69, 9.17) is 11.6 Å². The molecule has 1 aromatic carbocycles. The molecule has 2 aromatic rings. The van der Waals surface area contributed by atoms with Gasteiger partial charge in [-0.3, -0.25) is 0 Å². The molecule has 20 heavy (non-hydrogen) atoms. The minimum Gasteiger partial charge on any atom is -0.387 e. The highest BCUT2D eigenvalue weighted by Crippen LogP contribution is 2.15. The smallest absolute Gasteiger partial charge is 0.315 e. The average molecular weight is 311 g/mol. The van der Waals surface area contributed by atoms with E-state index in [1.807, 2.05) is 29.0 Å². The van der Waals surface area contributed by atoms with Gasteiger partial charge in [-0.1, -0.05) is 23.7 Å². The van der Waals surface area contributed by atoms with Gasteiger partial charge in [0.25, 0.3) is 0 Å². The van der Waals surface area contributed by atoms with E-state index in [0.29, 0.717) is 11.6 Å². The Labute approximate surface area is 126 Å². The molecule has 0 aliphatic heterocycles. The average Bonchev–Trinajstić information content (AvgIpc) is 2.97. The minimum absolute atomic E-state index is 0.179. The van der Waals surface area contributed by atoms with Crippen molar-refractivity contribution in [2.75, 3.05) is 6.54 Å². The molecule has 4 nitrogen and oxygen atoms in total. The Bertz CT molecular complexity index is 560. The monoisotopic (exact) mass is 310 g/mol. The van der Waals surface area contributed by atoms with Gasteiger partial charge in [0, 0.05) is 18.1 Å². The first kappa shape index (κ1) is 14.8. The second-order valence-corrected chi connectivity index (χ2v) is 5.48. The number of hydrogen-bond donors (Lipinski definition) is 3. The van der Waals surface area contributed by atoms with E-state index < -0.39 is 6.10 Å². The highest BCUT2D eigenvalue weighted by molar-refractivity contribution is 7.07. The van der Waals surface area contributed by atoms with Crippen molar-refractivity contribution in [3.8, 4) is 0 Å². The van der Waals surface area contributed by atoms with E-state index >= 15 is 0 Å². The van der Waals surface area contributed by atoms with Gasteiger partial charge in [0.05, 0.1) is 6.10 Å². The number of nitrogens with one attached hydrogen (secondary N) is 2. The third kappa shape index (κ3) is 4.52.